The van der Waals surface area contributed by atoms with Gasteiger partial charge in [0.25, 0.3) is 0 Å². The molecule has 3 aliphatic heterocycles. The molecule has 49 heavy (non-hydrogen) atoms. The standard InChI is InChI=1S/C38H68NO9.Y/c1-16-29-38(12,42)33-26(7)25(6)21(2)18-37(11,45-20-23(4)22(3)19-44-33)32(27(8)31(40)36(9,10)35(41)47-29)48-34-30(43-15)28(39(13)14)17-24(5)46-34;/h21-24,26-30,32-34,42H,16-20H2,1-15H3;/q-1;/t21-,22?,23?,24-,26+,27+,28+,29-,30-,32-,33-,34+,37-,38-;/m1./s1. The molecule has 1 N–H and O–H groups in total. The summed E-state index contributed by atoms with van der Waals surface area (Å²) in [6.07, 6.45) is -2.02. The van der Waals surface area contributed by atoms with E-state index in [0.29, 0.717) is 26.1 Å². The van der Waals surface area contributed by atoms with Crippen LogP contribution >= 0.6 is 0 Å². The fraction of sp³-hybridized carbons (Fsp3) is 0.921. The van der Waals surface area contributed by atoms with Crippen molar-refractivity contribution in [2.45, 2.75) is 156 Å². The average molecular weight is 772 g/mol. The van der Waals surface area contributed by atoms with Gasteiger partial charge in [0.2, 0.25) is 0 Å². The van der Waals surface area contributed by atoms with Crippen LogP contribution in [-0.2, 0) is 70.7 Å². The quantitative estimate of drug-likeness (QED) is 0.220. The van der Waals surface area contributed by atoms with Crippen LogP contribution in [0.5, 0.6) is 0 Å². The molecule has 283 valence electrons. The maximum absolute atomic E-state index is 14.6. The molecular formula is C38H68NO9Y-. The van der Waals surface area contributed by atoms with Gasteiger partial charge in [-0.1, -0.05) is 41.5 Å². The Morgan fingerprint density at radius 2 is 1.59 bits per heavy atom. The maximum atomic E-state index is 14.6. The number of carbonyl (C=O) groups is 2. The Balaban J connectivity index is 0.00000833. The number of hydrogen-bond donors (Lipinski definition) is 1. The van der Waals surface area contributed by atoms with Crippen molar-refractivity contribution < 1.29 is 75.8 Å². The van der Waals surface area contributed by atoms with Crippen molar-refractivity contribution in [2.75, 3.05) is 34.4 Å². The van der Waals surface area contributed by atoms with Gasteiger partial charge in [0.15, 0.2) is 12.1 Å². The van der Waals surface area contributed by atoms with Crippen molar-refractivity contribution >= 4 is 11.8 Å². The number of esters is 1. The van der Waals surface area contributed by atoms with Crippen LogP contribution in [0, 0.1) is 40.9 Å². The molecule has 3 saturated heterocycles. The van der Waals surface area contributed by atoms with Crippen LogP contribution in [0.1, 0.15) is 102 Å². The number of ether oxygens (including phenoxy) is 6. The molecule has 3 heterocycles. The summed E-state index contributed by atoms with van der Waals surface area (Å²) in [6, 6.07) is 0.0247. The normalized spacial score (nSPS) is 44.9. The number of ketones is 1. The van der Waals surface area contributed by atoms with Crippen molar-refractivity contribution in [1.82, 2.24) is 4.90 Å². The smallest absolute Gasteiger partial charge is 0.319 e. The number of methoxy groups -OCH3 is 1. The summed E-state index contributed by atoms with van der Waals surface area (Å²) in [5.41, 5.74) is -4.05. The molecule has 0 spiro atoms. The van der Waals surface area contributed by atoms with Crippen molar-refractivity contribution in [3.05, 3.63) is 5.92 Å². The van der Waals surface area contributed by atoms with Crippen molar-refractivity contribution in [1.29, 1.82) is 0 Å². The number of likely N-dealkylation sites (N-methyl/N-ethyl adjacent to an activating group) is 1. The van der Waals surface area contributed by atoms with Crippen LogP contribution in [0.4, 0.5) is 0 Å². The van der Waals surface area contributed by atoms with E-state index < -0.39 is 59.2 Å². The molecule has 14 atom stereocenters. The maximum Gasteiger partial charge on any atom is 0.319 e. The van der Waals surface area contributed by atoms with Gasteiger partial charge in [0.05, 0.1) is 30.5 Å². The minimum absolute atomic E-state index is 0. The molecule has 0 aromatic carbocycles. The molecule has 10 nitrogen and oxygen atoms in total. The molecule has 3 aliphatic rings. The Morgan fingerprint density at radius 3 is 2.14 bits per heavy atom. The molecule has 11 heteroatoms. The summed E-state index contributed by atoms with van der Waals surface area (Å²) in [5.74, 6) is -0.706. The van der Waals surface area contributed by atoms with Crippen molar-refractivity contribution in [3.8, 4) is 0 Å². The number of rotatable bonds is 5. The monoisotopic (exact) mass is 771 g/mol. The number of hydrogen-bond acceptors (Lipinski definition) is 10. The van der Waals surface area contributed by atoms with E-state index in [0.717, 1.165) is 12.3 Å². The van der Waals surface area contributed by atoms with E-state index in [1.54, 1.807) is 27.9 Å². The topological polar surface area (TPSA) is 113 Å². The molecule has 0 amide bonds. The zero-order valence-corrected chi connectivity index (χ0v) is 36.0. The summed E-state index contributed by atoms with van der Waals surface area (Å²) in [4.78, 5) is 30.8. The molecule has 0 aromatic rings. The van der Waals surface area contributed by atoms with Crippen LogP contribution in [0.2, 0.25) is 0 Å². The van der Waals surface area contributed by atoms with Crippen LogP contribution in [0.3, 0.4) is 0 Å². The Kier molecular flexibility index (Phi) is 16.4. The number of cyclic esters (lactones) is 1. The first-order valence-corrected chi connectivity index (χ1v) is 18.2. The second-order valence-electron chi connectivity index (χ2n) is 16.6. The minimum Gasteiger partial charge on any atom is -0.458 e. The first kappa shape index (κ1) is 45.1. The largest absolute Gasteiger partial charge is 0.458 e. The number of fused-ring (bicyclic) bond motifs is 5. The minimum atomic E-state index is -1.54. The third-order valence-corrected chi connectivity index (χ3v) is 12.1. The van der Waals surface area contributed by atoms with Gasteiger partial charge in [-0.15, -0.1) is 5.92 Å². The van der Waals surface area contributed by atoms with Crippen LogP contribution in [0.25, 0.3) is 0 Å². The van der Waals surface area contributed by atoms with Gasteiger partial charge in [-0.05, 0) is 79.8 Å². The zero-order valence-electron chi connectivity index (χ0n) is 33.2. The van der Waals surface area contributed by atoms with E-state index >= 15 is 0 Å². The molecule has 3 fully saturated rings. The molecule has 2 bridgehead atoms. The zero-order chi connectivity index (χ0) is 36.5. The Labute approximate surface area is 322 Å². The fourth-order valence-corrected chi connectivity index (χ4v) is 8.16. The summed E-state index contributed by atoms with van der Waals surface area (Å²) < 4.78 is 39.2. The van der Waals surface area contributed by atoms with Gasteiger partial charge in [-0.25, -0.2) is 0 Å². The first-order chi connectivity index (χ1) is 22.1. The predicted octanol–water partition coefficient (Wildman–Crippen LogP) is 5.47. The van der Waals surface area contributed by atoms with E-state index in [1.807, 2.05) is 41.8 Å². The number of Topliss-reactive ketones (excluding diaryl/α,β-unsaturated/α-hetero) is 1. The van der Waals surface area contributed by atoms with Crippen LogP contribution in [0.15, 0.2) is 0 Å². The van der Waals surface area contributed by atoms with Gasteiger partial charge in [0.1, 0.15) is 23.2 Å². The fourth-order valence-electron chi connectivity index (χ4n) is 8.16. The molecule has 0 saturated carbocycles. The van der Waals surface area contributed by atoms with E-state index in [2.05, 4.69) is 39.5 Å². The second kappa shape index (κ2) is 17.9. The van der Waals surface area contributed by atoms with E-state index in [1.165, 1.54) is 0 Å². The summed E-state index contributed by atoms with van der Waals surface area (Å²) in [6.45, 7) is 24.1. The molecule has 2 unspecified atom stereocenters. The Morgan fingerprint density at radius 1 is 1.00 bits per heavy atom. The van der Waals surface area contributed by atoms with Gasteiger partial charge in [0, 0.05) is 58.4 Å². The SMILES string of the molecule is CC[C@H]1OC(=O)C(C)(C)C(=O)[C@H](C)[C@@H](O[C@@H]2O[C@H](C)C[C@H](N(C)C)[C@H]2OC)[C@@]2(C)C[C@@H](C)[C-](C)[C@H](C)[C@@H](OCC(C)C(C)CO2)[C@]1(C)O.[Y]. The third-order valence-electron chi connectivity index (χ3n) is 12.1. The van der Waals surface area contributed by atoms with Gasteiger partial charge >= 0.3 is 5.97 Å². The average Bonchev–Trinajstić information content (AvgIpc) is 3.01. The predicted molar refractivity (Wildman–Crippen MR) is 185 cm³/mol. The van der Waals surface area contributed by atoms with Crippen molar-refractivity contribution in [2.24, 2.45) is 35.0 Å². The van der Waals surface area contributed by atoms with Crippen LogP contribution in [-0.4, -0.2) is 110 Å². The molecule has 3 rings (SSSR count). The molecule has 0 aromatic heterocycles. The Hall–Kier alpha value is -0.0361. The Bertz CT molecular complexity index is 1090. The van der Waals surface area contributed by atoms with Gasteiger partial charge in [-0.3, -0.25) is 9.59 Å². The molecule has 1 radical (unpaired) electrons. The van der Waals surface area contributed by atoms with Gasteiger partial charge in [-0.2, -0.15) is 12.8 Å². The summed E-state index contributed by atoms with van der Waals surface area (Å²) in [5, 5.41) is 12.2. The number of carbonyl (C=O) groups excluding carboxylic acids is 2. The van der Waals surface area contributed by atoms with Crippen LogP contribution < -0.4 is 0 Å². The third kappa shape index (κ3) is 9.75. The van der Waals surface area contributed by atoms with E-state index in [9.17, 15) is 14.7 Å². The summed E-state index contributed by atoms with van der Waals surface area (Å²) >= 11 is 0. The van der Waals surface area contributed by atoms with Crippen molar-refractivity contribution in [3.63, 3.8) is 0 Å². The first-order valence-electron chi connectivity index (χ1n) is 18.2. The molecular weight excluding hydrogens is 703 g/mol. The molecule has 0 aliphatic carbocycles. The second-order valence-corrected chi connectivity index (χ2v) is 16.6. The number of nitrogens with zero attached hydrogens (tertiary/aromatic N) is 1. The summed E-state index contributed by atoms with van der Waals surface area (Å²) in [7, 11) is 5.70. The van der Waals surface area contributed by atoms with E-state index in [4.69, 9.17) is 28.4 Å². The van der Waals surface area contributed by atoms with E-state index in [-0.39, 0.29) is 74.3 Å². The van der Waals surface area contributed by atoms with Gasteiger partial charge < -0.3 is 44.3 Å². The number of aliphatic hydroxyl groups is 1.